The maximum Gasteiger partial charge on any atom is 0.103 e. The summed E-state index contributed by atoms with van der Waals surface area (Å²) in [5.41, 5.74) is 8.33. The van der Waals surface area contributed by atoms with Gasteiger partial charge in [0.1, 0.15) is 5.60 Å². The third-order valence-corrected chi connectivity index (χ3v) is 3.22. The number of aliphatic hydroxyl groups is 1. The van der Waals surface area contributed by atoms with Crippen LogP contribution in [0, 0.1) is 6.92 Å². The largest absolute Gasteiger partial charge is 0.384 e. The molecule has 14 heavy (non-hydrogen) atoms. The van der Waals surface area contributed by atoms with Gasteiger partial charge in [-0.2, -0.15) is 0 Å². The summed E-state index contributed by atoms with van der Waals surface area (Å²) in [6.45, 7) is 4.50. The highest BCUT2D eigenvalue weighted by Gasteiger charge is 2.39. The van der Waals surface area contributed by atoms with Crippen molar-refractivity contribution in [2.45, 2.75) is 31.8 Å². The second kappa shape index (κ2) is 3.07. The summed E-state index contributed by atoms with van der Waals surface area (Å²) in [5.74, 6) is 0.416. The molecule has 0 fully saturated rings. The van der Waals surface area contributed by atoms with E-state index in [9.17, 15) is 5.11 Å². The van der Waals surface area contributed by atoms with Crippen LogP contribution in [0.3, 0.4) is 0 Å². The van der Waals surface area contributed by atoms with Gasteiger partial charge in [-0.15, -0.1) is 0 Å². The van der Waals surface area contributed by atoms with Gasteiger partial charge < -0.3 is 10.8 Å². The van der Waals surface area contributed by atoms with Gasteiger partial charge >= 0.3 is 0 Å². The minimum Gasteiger partial charge on any atom is -0.384 e. The van der Waals surface area contributed by atoms with Gasteiger partial charge in [0.2, 0.25) is 0 Å². The lowest BCUT2D eigenvalue weighted by Gasteiger charge is -2.22. The molecule has 2 unspecified atom stereocenters. The maximum atomic E-state index is 10.3. The van der Waals surface area contributed by atoms with Crippen molar-refractivity contribution in [3.63, 3.8) is 0 Å². The molecule has 3 N–H and O–H groups in total. The van der Waals surface area contributed by atoms with Crippen LogP contribution in [0.1, 0.15) is 36.0 Å². The molecule has 1 aliphatic carbocycles. The van der Waals surface area contributed by atoms with Gasteiger partial charge in [-0.1, -0.05) is 30.7 Å². The van der Waals surface area contributed by atoms with Crippen LogP contribution in [-0.2, 0) is 5.60 Å². The van der Waals surface area contributed by atoms with Crippen molar-refractivity contribution in [3.05, 3.63) is 34.9 Å². The van der Waals surface area contributed by atoms with Crippen molar-refractivity contribution in [2.75, 3.05) is 6.54 Å². The first-order chi connectivity index (χ1) is 6.57. The third-order valence-electron chi connectivity index (χ3n) is 3.22. The lowest BCUT2D eigenvalue weighted by atomic mass is 9.95. The van der Waals surface area contributed by atoms with E-state index in [-0.39, 0.29) is 0 Å². The van der Waals surface area contributed by atoms with E-state index in [2.05, 4.69) is 25.1 Å². The molecule has 0 saturated heterocycles. The van der Waals surface area contributed by atoms with E-state index >= 15 is 0 Å². The lowest BCUT2D eigenvalue weighted by Crippen LogP contribution is -2.32. The average Bonchev–Trinajstić information content (AvgIpc) is 2.40. The van der Waals surface area contributed by atoms with Gasteiger partial charge in [0.15, 0.2) is 0 Å². The standard InChI is InChI=1S/C12H17NO/c1-8-3-4-10-9(2)6-12(14,7-13)11(10)5-8/h3-5,9,14H,6-7,13H2,1-2H3. The Hall–Kier alpha value is -0.860. The predicted molar refractivity (Wildman–Crippen MR) is 57.2 cm³/mol. The number of nitrogens with two attached hydrogens (primary N) is 1. The summed E-state index contributed by atoms with van der Waals surface area (Å²) in [7, 11) is 0. The lowest BCUT2D eigenvalue weighted by molar-refractivity contribution is 0.0439. The summed E-state index contributed by atoms with van der Waals surface area (Å²) >= 11 is 0. The molecule has 0 aliphatic heterocycles. The number of benzene rings is 1. The zero-order valence-electron chi connectivity index (χ0n) is 8.75. The first-order valence-electron chi connectivity index (χ1n) is 5.10. The molecule has 76 valence electrons. The van der Waals surface area contributed by atoms with E-state index < -0.39 is 5.60 Å². The molecule has 0 amide bonds. The molecule has 0 radical (unpaired) electrons. The number of fused-ring (bicyclic) bond motifs is 1. The molecule has 0 saturated carbocycles. The van der Waals surface area contributed by atoms with E-state index in [1.54, 1.807) is 0 Å². The highest BCUT2D eigenvalue weighted by Crippen LogP contribution is 2.43. The fraction of sp³-hybridized carbons (Fsp3) is 0.500. The Balaban J connectivity index is 2.56. The molecule has 2 heteroatoms. The quantitative estimate of drug-likeness (QED) is 0.709. The summed E-state index contributed by atoms with van der Waals surface area (Å²) < 4.78 is 0. The Bertz CT molecular complexity index is 361. The molecule has 0 heterocycles. The van der Waals surface area contributed by atoms with E-state index in [4.69, 9.17) is 5.73 Å². The Labute approximate surface area is 84.7 Å². The SMILES string of the molecule is Cc1ccc2c(c1)C(O)(CN)CC2C. The summed E-state index contributed by atoms with van der Waals surface area (Å²) in [5, 5.41) is 10.3. The van der Waals surface area contributed by atoms with Crippen LogP contribution in [0.15, 0.2) is 18.2 Å². The molecule has 0 bridgehead atoms. The van der Waals surface area contributed by atoms with Crippen LogP contribution in [0.2, 0.25) is 0 Å². The molecule has 2 nitrogen and oxygen atoms in total. The van der Waals surface area contributed by atoms with Crippen LogP contribution in [0.4, 0.5) is 0 Å². The topological polar surface area (TPSA) is 46.2 Å². The summed E-state index contributed by atoms with van der Waals surface area (Å²) in [4.78, 5) is 0. The van der Waals surface area contributed by atoms with Crippen molar-refractivity contribution < 1.29 is 5.11 Å². The molecule has 2 atom stereocenters. The first kappa shape index (κ1) is 9.69. The number of rotatable bonds is 1. The van der Waals surface area contributed by atoms with E-state index in [1.165, 1.54) is 11.1 Å². The Morgan fingerprint density at radius 3 is 2.93 bits per heavy atom. The third kappa shape index (κ3) is 1.26. The van der Waals surface area contributed by atoms with Gasteiger partial charge in [-0.25, -0.2) is 0 Å². The molecule has 0 aromatic heterocycles. The van der Waals surface area contributed by atoms with Gasteiger partial charge in [0.25, 0.3) is 0 Å². The Morgan fingerprint density at radius 1 is 1.57 bits per heavy atom. The van der Waals surface area contributed by atoms with Gasteiger partial charge in [-0.3, -0.25) is 0 Å². The summed E-state index contributed by atoms with van der Waals surface area (Å²) in [6, 6.07) is 6.27. The normalized spacial score (nSPS) is 30.4. The number of hydrogen-bond acceptors (Lipinski definition) is 2. The second-order valence-electron chi connectivity index (χ2n) is 4.43. The van der Waals surface area contributed by atoms with Crippen molar-refractivity contribution in [3.8, 4) is 0 Å². The minimum absolute atomic E-state index is 0.313. The predicted octanol–water partition coefficient (Wildman–Crippen LogP) is 1.65. The minimum atomic E-state index is -0.791. The number of aryl methyl sites for hydroxylation is 1. The van der Waals surface area contributed by atoms with E-state index in [1.807, 2.05) is 6.92 Å². The van der Waals surface area contributed by atoms with Crippen LogP contribution in [-0.4, -0.2) is 11.7 Å². The van der Waals surface area contributed by atoms with Crippen LogP contribution < -0.4 is 5.73 Å². The summed E-state index contributed by atoms with van der Waals surface area (Å²) in [6.07, 6.45) is 0.752. The van der Waals surface area contributed by atoms with Gasteiger partial charge in [0.05, 0.1) is 0 Å². The zero-order valence-corrected chi connectivity index (χ0v) is 8.75. The molecule has 0 spiro atoms. The first-order valence-corrected chi connectivity index (χ1v) is 5.10. The highest BCUT2D eigenvalue weighted by atomic mass is 16.3. The molecular formula is C12H17NO. The highest BCUT2D eigenvalue weighted by molar-refractivity contribution is 5.42. The van der Waals surface area contributed by atoms with Crippen molar-refractivity contribution >= 4 is 0 Å². The fourth-order valence-corrected chi connectivity index (χ4v) is 2.42. The van der Waals surface area contributed by atoms with Crippen LogP contribution in [0.25, 0.3) is 0 Å². The van der Waals surface area contributed by atoms with Crippen molar-refractivity contribution in [1.82, 2.24) is 0 Å². The molecular weight excluding hydrogens is 174 g/mol. The fourth-order valence-electron chi connectivity index (χ4n) is 2.42. The van der Waals surface area contributed by atoms with E-state index in [0.29, 0.717) is 12.5 Å². The second-order valence-corrected chi connectivity index (χ2v) is 4.43. The monoisotopic (exact) mass is 191 g/mol. The molecule has 1 aliphatic rings. The van der Waals surface area contributed by atoms with Gasteiger partial charge in [0, 0.05) is 6.54 Å². The Morgan fingerprint density at radius 2 is 2.29 bits per heavy atom. The smallest absolute Gasteiger partial charge is 0.103 e. The van der Waals surface area contributed by atoms with E-state index in [0.717, 1.165) is 12.0 Å². The average molecular weight is 191 g/mol. The van der Waals surface area contributed by atoms with Crippen LogP contribution in [0.5, 0.6) is 0 Å². The number of hydrogen-bond donors (Lipinski definition) is 2. The zero-order chi connectivity index (χ0) is 10.3. The van der Waals surface area contributed by atoms with Crippen molar-refractivity contribution in [2.24, 2.45) is 5.73 Å². The maximum absolute atomic E-state index is 10.3. The van der Waals surface area contributed by atoms with Gasteiger partial charge in [-0.05, 0) is 30.4 Å². The molecule has 2 rings (SSSR count). The Kier molecular flexibility index (Phi) is 2.13. The molecule has 1 aromatic rings. The molecule has 1 aromatic carbocycles. The van der Waals surface area contributed by atoms with Crippen LogP contribution >= 0.6 is 0 Å². The van der Waals surface area contributed by atoms with Crippen molar-refractivity contribution in [1.29, 1.82) is 0 Å².